The molecule has 1 aliphatic rings. The summed E-state index contributed by atoms with van der Waals surface area (Å²) in [6.45, 7) is 5.71. The molecule has 0 radical (unpaired) electrons. The first-order valence-corrected chi connectivity index (χ1v) is 8.03. The first kappa shape index (κ1) is 18.1. The Labute approximate surface area is 136 Å². The molecule has 0 aromatic heterocycles. The van der Waals surface area contributed by atoms with Crippen molar-refractivity contribution in [3.05, 3.63) is 29.8 Å². The lowest BCUT2D eigenvalue weighted by molar-refractivity contribution is -0.137. The molecule has 1 fully saturated rings. The molecule has 1 N–H and O–H groups in total. The van der Waals surface area contributed by atoms with Gasteiger partial charge < -0.3 is 15.1 Å². The molecule has 1 heterocycles. The third kappa shape index (κ3) is 4.61. The second-order valence-corrected chi connectivity index (χ2v) is 6.74. The van der Waals surface area contributed by atoms with Crippen LogP contribution in [0.15, 0.2) is 24.3 Å². The molecule has 1 aromatic rings. The van der Waals surface area contributed by atoms with E-state index in [9.17, 15) is 13.2 Å². The number of benzene rings is 1. The molecule has 1 saturated heterocycles. The Morgan fingerprint density at radius 2 is 1.96 bits per heavy atom. The number of piperidine rings is 1. The fourth-order valence-corrected chi connectivity index (χ4v) is 3.19. The number of likely N-dealkylation sites (N-methyl/N-ethyl adjacent to an activating group) is 1. The Kier molecular flexibility index (Phi) is 5.57. The lowest BCUT2D eigenvalue weighted by atomic mass is 9.96. The summed E-state index contributed by atoms with van der Waals surface area (Å²) in [5.41, 5.74) is 0.0634. The van der Waals surface area contributed by atoms with E-state index in [-0.39, 0.29) is 6.04 Å². The Morgan fingerprint density at radius 1 is 1.26 bits per heavy atom. The van der Waals surface area contributed by atoms with Gasteiger partial charge in [0.2, 0.25) is 0 Å². The van der Waals surface area contributed by atoms with Crippen LogP contribution in [0.3, 0.4) is 0 Å². The number of nitrogens with zero attached hydrogens (tertiary/aromatic N) is 2. The van der Waals surface area contributed by atoms with E-state index < -0.39 is 11.7 Å². The Bertz CT molecular complexity index is 514. The molecule has 0 aliphatic carbocycles. The molecule has 130 valence electrons. The average Bonchev–Trinajstić information content (AvgIpc) is 2.46. The van der Waals surface area contributed by atoms with Crippen molar-refractivity contribution in [3.8, 4) is 0 Å². The predicted molar refractivity (Wildman–Crippen MR) is 87.8 cm³/mol. The summed E-state index contributed by atoms with van der Waals surface area (Å²) < 4.78 is 38.7. The van der Waals surface area contributed by atoms with Crippen molar-refractivity contribution in [2.75, 3.05) is 32.1 Å². The number of hydrogen-bond donors (Lipinski definition) is 1. The quantitative estimate of drug-likeness (QED) is 0.915. The largest absolute Gasteiger partial charge is 0.416 e. The summed E-state index contributed by atoms with van der Waals surface area (Å²) in [7, 11) is 4.05. The molecule has 0 saturated carbocycles. The monoisotopic (exact) mass is 329 g/mol. The molecule has 0 spiro atoms. The highest BCUT2D eigenvalue weighted by Crippen LogP contribution is 2.32. The van der Waals surface area contributed by atoms with Crippen molar-refractivity contribution in [1.29, 1.82) is 0 Å². The van der Waals surface area contributed by atoms with Gasteiger partial charge >= 0.3 is 6.18 Å². The maximum atomic E-state index is 12.9. The van der Waals surface area contributed by atoms with Crippen molar-refractivity contribution in [2.45, 2.75) is 44.6 Å². The number of nitrogens with one attached hydrogen (secondary N) is 1. The van der Waals surface area contributed by atoms with E-state index in [1.165, 1.54) is 12.1 Å². The van der Waals surface area contributed by atoms with E-state index in [1.54, 1.807) is 6.07 Å². The van der Waals surface area contributed by atoms with E-state index in [0.29, 0.717) is 17.8 Å². The number of rotatable bonds is 4. The first-order valence-electron chi connectivity index (χ1n) is 8.03. The van der Waals surface area contributed by atoms with Gasteiger partial charge in [0.05, 0.1) is 5.56 Å². The fraction of sp³-hybridized carbons (Fsp3) is 0.647. The topological polar surface area (TPSA) is 18.5 Å². The zero-order chi connectivity index (χ0) is 17.2. The molecule has 1 aliphatic heterocycles. The highest BCUT2D eigenvalue weighted by Gasteiger charge is 2.33. The number of hydrogen-bond acceptors (Lipinski definition) is 3. The molecule has 3 nitrogen and oxygen atoms in total. The van der Waals surface area contributed by atoms with Gasteiger partial charge in [0.25, 0.3) is 0 Å². The van der Waals surface area contributed by atoms with Crippen molar-refractivity contribution in [1.82, 2.24) is 10.2 Å². The highest BCUT2D eigenvalue weighted by atomic mass is 19.4. The summed E-state index contributed by atoms with van der Waals surface area (Å²) in [4.78, 5) is 4.21. The SMILES string of the molecule is CC(C)N[C@H]1CCN(c2cccc(C(F)(F)F)c2)C[C@@H]1N(C)C. The first-order chi connectivity index (χ1) is 10.7. The zero-order valence-electron chi connectivity index (χ0n) is 14.2. The molecule has 6 heteroatoms. The minimum Gasteiger partial charge on any atom is -0.370 e. The molecule has 0 amide bonds. The summed E-state index contributed by atoms with van der Waals surface area (Å²) in [6, 6.07) is 6.64. The maximum Gasteiger partial charge on any atom is 0.416 e. The van der Waals surface area contributed by atoms with Crippen molar-refractivity contribution in [3.63, 3.8) is 0 Å². The van der Waals surface area contributed by atoms with Gasteiger partial charge in [-0.05, 0) is 38.7 Å². The van der Waals surface area contributed by atoms with Crippen LogP contribution < -0.4 is 10.2 Å². The van der Waals surface area contributed by atoms with E-state index in [4.69, 9.17) is 0 Å². The van der Waals surface area contributed by atoms with E-state index in [1.807, 2.05) is 14.1 Å². The summed E-state index contributed by atoms with van der Waals surface area (Å²) in [5, 5.41) is 3.57. The molecule has 23 heavy (non-hydrogen) atoms. The van der Waals surface area contributed by atoms with Crippen LogP contribution >= 0.6 is 0 Å². The molecular formula is C17H26F3N3. The third-order valence-electron chi connectivity index (χ3n) is 4.33. The van der Waals surface area contributed by atoms with Crippen LogP contribution in [0.2, 0.25) is 0 Å². The van der Waals surface area contributed by atoms with Crippen LogP contribution in [0.4, 0.5) is 18.9 Å². The van der Waals surface area contributed by atoms with Gasteiger partial charge in [0.15, 0.2) is 0 Å². The molecule has 0 unspecified atom stereocenters. The minimum atomic E-state index is -4.30. The van der Waals surface area contributed by atoms with Gasteiger partial charge in [0.1, 0.15) is 0 Å². The summed E-state index contributed by atoms with van der Waals surface area (Å²) >= 11 is 0. The van der Waals surface area contributed by atoms with Crippen molar-refractivity contribution in [2.24, 2.45) is 0 Å². The third-order valence-corrected chi connectivity index (χ3v) is 4.33. The van der Waals surface area contributed by atoms with Gasteiger partial charge in [0, 0.05) is 36.9 Å². The minimum absolute atomic E-state index is 0.265. The molecule has 2 atom stereocenters. The lowest BCUT2D eigenvalue weighted by Crippen LogP contribution is -2.59. The number of alkyl halides is 3. The molecule has 0 bridgehead atoms. The maximum absolute atomic E-state index is 12.9. The van der Waals surface area contributed by atoms with Crippen LogP contribution in [0.25, 0.3) is 0 Å². The second kappa shape index (κ2) is 7.09. The van der Waals surface area contributed by atoms with Gasteiger partial charge in [-0.1, -0.05) is 19.9 Å². The van der Waals surface area contributed by atoms with E-state index in [0.717, 1.165) is 25.6 Å². The van der Waals surface area contributed by atoms with Gasteiger partial charge in [-0.15, -0.1) is 0 Å². The predicted octanol–water partition coefficient (Wildman–Crippen LogP) is 3.21. The smallest absolute Gasteiger partial charge is 0.370 e. The lowest BCUT2D eigenvalue weighted by Gasteiger charge is -2.43. The normalized spacial score (nSPS) is 22.9. The molecular weight excluding hydrogens is 303 g/mol. The van der Waals surface area contributed by atoms with Gasteiger partial charge in [-0.3, -0.25) is 0 Å². The van der Waals surface area contributed by atoms with Crippen LogP contribution in [-0.4, -0.2) is 50.2 Å². The number of anilines is 1. The number of halogens is 3. The van der Waals surface area contributed by atoms with E-state index in [2.05, 4.69) is 29.0 Å². The summed E-state index contributed by atoms with van der Waals surface area (Å²) in [6.07, 6.45) is -3.38. The van der Waals surface area contributed by atoms with Crippen LogP contribution in [-0.2, 0) is 6.18 Å². The zero-order valence-corrected chi connectivity index (χ0v) is 14.2. The standard InChI is InChI=1S/C17H26F3N3/c1-12(2)21-15-8-9-23(11-16(15)22(3)4)14-7-5-6-13(10-14)17(18,19)20/h5-7,10,12,15-16,21H,8-9,11H2,1-4H3/t15-,16-/m0/s1. The van der Waals surface area contributed by atoms with Crippen molar-refractivity contribution >= 4 is 5.69 Å². The van der Waals surface area contributed by atoms with Gasteiger partial charge in [-0.25, -0.2) is 0 Å². The van der Waals surface area contributed by atoms with Crippen LogP contribution in [0.1, 0.15) is 25.8 Å². The Morgan fingerprint density at radius 3 is 2.52 bits per heavy atom. The highest BCUT2D eigenvalue weighted by molar-refractivity contribution is 5.50. The Hall–Kier alpha value is -1.27. The summed E-state index contributed by atoms with van der Waals surface area (Å²) in [5.74, 6) is 0. The Balaban J connectivity index is 2.16. The second-order valence-electron chi connectivity index (χ2n) is 6.74. The van der Waals surface area contributed by atoms with Crippen LogP contribution in [0, 0.1) is 0 Å². The fourth-order valence-electron chi connectivity index (χ4n) is 3.19. The van der Waals surface area contributed by atoms with E-state index >= 15 is 0 Å². The average molecular weight is 329 g/mol. The van der Waals surface area contributed by atoms with Gasteiger partial charge in [-0.2, -0.15) is 13.2 Å². The van der Waals surface area contributed by atoms with Crippen molar-refractivity contribution < 1.29 is 13.2 Å². The molecule has 2 rings (SSSR count). The molecule has 1 aromatic carbocycles. The van der Waals surface area contributed by atoms with Crippen LogP contribution in [0.5, 0.6) is 0 Å².